The maximum atomic E-state index is 11.7. The molecule has 0 radical (unpaired) electrons. The Hall–Kier alpha value is -2.31. The normalized spacial score (nSPS) is 15.9. The number of amides is 1. The molecular formula is C16H11NO3S2. The summed E-state index contributed by atoms with van der Waals surface area (Å²) in [4.78, 5) is 12.3. The van der Waals surface area contributed by atoms with Gasteiger partial charge in [0.2, 0.25) is 0 Å². The van der Waals surface area contributed by atoms with Crippen molar-refractivity contribution in [2.45, 2.75) is 0 Å². The Morgan fingerprint density at radius 3 is 2.55 bits per heavy atom. The molecule has 1 aliphatic rings. The maximum absolute atomic E-state index is 11.7. The van der Waals surface area contributed by atoms with E-state index in [2.05, 4.69) is 5.32 Å². The number of hydrogen-bond donors (Lipinski definition) is 2. The molecule has 6 heteroatoms. The molecule has 1 aliphatic heterocycles. The van der Waals surface area contributed by atoms with Crippen LogP contribution in [0.5, 0.6) is 17.2 Å². The van der Waals surface area contributed by atoms with Gasteiger partial charge in [-0.15, -0.1) is 0 Å². The number of benzene rings is 2. The van der Waals surface area contributed by atoms with E-state index < -0.39 is 0 Å². The number of aromatic hydroxyl groups is 1. The second-order valence-electron chi connectivity index (χ2n) is 4.49. The van der Waals surface area contributed by atoms with Crippen molar-refractivity contribution in [3.05, 3.63) is 59.0 Å². The number of rotatable bonds is 3. The summed E-state index contributed by atoms with van der Waals surface area (Å²) in [7, 11) is 0. The number of carbonyl (C=O) groups is 1. The molecule has 1 amide bonds. The summed E-state index contributed by atoms with van der Waals surface area (Å²) in [5.74, 6) is 1.19. The predicted molar refractivity (Wildman–Crippen MR) is 90.9 cm³/mol. The summed E-state index contributed by atoms with van der Waals surface area (Å²) in [6, 6.07) is 13.8. The smallest absolute Gasteiger partial charge is 0.263 e. The minimum atomic E-state index is -0.200. The van der Waals surface area contributed by atoms with Crippen LogP contribution in [0.15, 0.2) is 53.4 Å². The summed E-state index contributed by atoms with van der Waals surface area (Å²) in [5, 5.41) is 11.9. The first kappa shape index (κ1) is 14.6. The summed E-state index contributed by atoms with van der Waals surface area (Å²) in [6.07, 6.45) is 1.75. The molecule has 0 spiro atoms. The van der Waals surface area contributed by atoms with Gasteiger partial charge < -0.3 is 15.2 Å². The van der Waals surface area contributed by atoms with Crippen molar-refractivity contribution in [2.75, 3.05) is 0 Å². The van der Waals surface area contributed by atoms with Crippen LogP contribution >= 0.6 is 24.0 Å². The predicted octanol–water partition coefficient (Wildman–Crippen LogP) is 3.67. The van der Waals surface area contributed by atoms with E-state index in [1.54, 1.807) is 30.3 Å². The van der Waals surface area contributed by atoms with Crippen LogP contribution in [0.25, 0.3) is 6.08 Å². The van der Waals surface area contributed by atoms with Gasteiger partial charge in [-0.05, 0) is 36.4 Å². The number of hydrogen-bond acceptors (Lipinski definition) is 5. The second-order valence-corrected chi connectivity index (χ2v) is 6.20. The molecule has 0 bridgehead atoms. The van der Waals surface area contributed by atoms with Gasteiger partial charge in [0.1, 0.15) is 21.6 Å². The highest BCUT2D eigenvalue weighted by molar-refractivity contribution is 8.26. The molecule has 3 rings (SSSR count). The Labute approximate surface area is 136 Å². The van der Waals surface area contributed by atoms with Crippen molar-refractivity contribution in [1.82, 2.24) is 5.32 Å². The molecule has 0 unspecified atom stereocenters. The van der Waals surface area contributed by atoms with Crippen LogP contribution in [0.1, 0.15) is 5.56 Å². The highest BCUT2D eigenvalue weighted by Gasteiger charge is 2.22. The average molecular weight is 329 g/mol. The highest BCUT2D eigenvalue weighted by Crippen LogP contribution is 2.31. The molecule has 22 heavy (non-hydrogen) atoms. The summed E-state index contributed by atoms with van der Waals surface area (Å²) >= 11 is 6.20. The molecule has 0 aliphatic carbocycles. The molecule has 110 valence electrons. The zero-order valence-corrected chi connectivity index (χ0v) is 12.9. The van der Waals surface area contributed by atoms with E-state index in [-0.39, 0.29) is 11.7 Å². The summed E-state index contributed by atoms with van der Waals surface area (Å²) < 4.78 is 6.26. The van der Waals surface area contributed by atoms with E-state index in [4.69, 9.17) is 17.0 Å². The fourth-order valence-electron chi connectivity index (χ4n) is 1.90. The number of para-hydroxylation sites is 1. The minimum absolute atomic E-state index is 0.176. The van der Waals surface area contributed by atoms with E-state index >= 15 is 0 Å². The third-order valence-corrected chi connectivity index (χ3v) is 4.07. The van der Waals surface area contributed by atoms with Crippen LogP contribution in [0, 0.1) is 0 Å². The standard InChI is InChI=1S/C16H11NO3S2/c18-11-5-7-12(8-6-11)20-13-4-2-1-3-10(13)9-14-15(19)17-16(21)22-14/h1-9,18H,(H,17,19,21)/b14-9-. The molecule has 0 aromatic heterocycles. The number of phenols is 1. The molecular weight excluding hydrogens is 318 g/mol. The summed E-state index contributed by atoms with van der Waals surface area (Å²) in [5.41, 5.74) is 0.776. The molecule has 2 aromatic rings. The van der Waals surface area contributed by atoms with E-state index in [9.17, 15) is 9.90 Å². The number of thiocarbonyl (C=S) groups is 1. The van der Waals surface area contributed by atoms with Crippen molar-refractivity contribution in [3.8, 4) is 17.2 Å². The Bertz CT molecular complexity index is 769. The zero-order valence-electron chi connectivity index (χ0n) is 11.3. The van der Waals surface area contributed by atoms with Gasteiger partial charge in [0.05, 0.1) is 4.91 Å². The van der Waals surface area contributed by atoms with Crippen LogP contribution in [-0.4, -0.2) is 15.3 Å². The van der Waals surface area contributed by atoms with Crippen LogP contribution in [0.4, 0.5) is 0 Å². The van der Waals surface area contributed by atoms with Gasteiger partial charge in [0.15, 0.2) is 0 Å². The van der Waals surface area contributed by atoms with E-state index in [1.807, 2.05) is 24.3 Å². The second kappa shape index (κ2) is 6.21. The van der Waals surface area contributed by atoms with Crippen molar-refractivity contribution in [1.29, 1.82) is 0 Å². The molecule has 0 saturated carbocycles. The third kappa shape index (κ3) is 3.29. The van der Waals surface area contributed by atoms with Gasteiger partial charge in [-0.1, -0.05) is 42.2 Å². The largest absolute Gasteiger partial charge is 0.508 e. The Morgan fingerprint density at radius 1 is 1.14 bits per heavy atom. The molecule has 2 N–H and O–H groups in total. The van der Waals surface area contributed by atoms with Crippen LogP contribution in [0.3, 0.4) is 0 Å². The first-order valence-corrected chi connectivity index (χ1v) is 7.65. The lowest BCUT2D eigenvalue weighted by Gasteiger charge is -2.09. The van der Waals surface area contributed by atoms with Crippen molar-refractivity contribution in [3.63, 3.8) is 0 Å². The molecule has 2 aromatic carbocycles. The van der Waals surface area contributed by atoms with Crippen LogP contribution in [0.2, 0.25) is 0 Å². The van der Waals surface area contributed by atoms with Crippen molar-refractivity contribution >= 4 is 40.3 Å². The van der Waals surface area contributed by atoms with Gasteiger partial charge >= 0.3 is 0 Å². The molecule has 1 fully saturated rings. The maximum Gasteiger partial charge on any atom is 0.263 e. The number of phenolic OH excluding ortho intramolecular Hbond substituents is 1. The Morgan fingerprint density at radius 2 is 1.86 bits per heavy atom. The van der Waals surface area contributed by atoms with Gasteiger partial charge in [-0.2, -0.15) is 0 Å². The molecule has 0 atom stereocenters. The fourth-order valence-corrected chi connectivity index (χ4v) is 2.93. The van der Waals surface area contributed by atoms with Crippen molar-refractivity contribution < 1.29 is 14.6 Å². The quantitative estimate of drug-likeness (QED) is 0.664. The average Bonchev–Trinajstić information content (AvgIpc) is 2.81. The van der Waals surface area contributed by atoms with Gasteiger partial charge in [-0.3, -0.25) is 4.79 Å². The molecule has 4 nitrogen and oxygen atoms in total. The fraction of sp³-hybridized carbons (Fsp3) is 0. The Kier molecular flexibility index (Phi) is 4.13. The number of thioether (sulfide) groups is 1. The topological polar surface area (TPSA) is 58.6 Å². The Balaban J connectivity index is 1.90. The SMILES string of the molecule is O=C1NC(=S)S/C1=C\c1ccccc1Oc1ccc(O)cc1. The number of carbonyl (C=O) groups excluding carboxylic acids is 1. The number of nitrogens with one attached hydrogen (secondary N) is 1. The lowest BCUT2D eigenvalue weighted by Crippen LogP contribution is -2.17. The van der Waals surface area contributed by atoms with Crippen LogP contribution in [-0.2, 0) is 4.79 Å². The molecule has 1 saturated heterocycles. The van der Waals surface area contributed by atoms with E-state index in [1.165, 1.54) is 11.8 Å². The monoisotopic (exact) mass is 329 g/mol. The van der Waals surface area contributed by atoms with E-state index in [0.29, 0.717) is 20.7 Å². The van der Waals surface area contributed by atoms with Gasteiger partial charge in [-0.25, -0.2) is 0 Å². The van der Waals surface area contributed by atoms with Gasteiger partial charge in [0, 0.05) is 5.56 Å². The zero-order chi connectivity index (χ0) is 15.5. The van der Waals surface area contributed by atoms with Crippen molar-refractivity contribution in [2.24, 2.45) is 0 Å². The number of ether oxygens (including phenoxy) is 1. The molecule has 1 heterocycles. The first-order chi connectivity index (χ1) is 10.6. The summed E-state index contributed by atoms with van der Waals surface area (Å²) in [6.45, 7) is 0. The van der Waals surface area contributed by atoms with Gasteiger partial charge in [0.25, 0.3) is 5.91 Å². The first-order valence-electron chi connectivity index (χ1n) is 6.42. The van der Waals surface area contributed by atoms with E-state index in [0.717, 1.165) is 5.56 Å². The third-order valence-electron chi connectivity index (χ3n) is 2.91. The highest BCUT2D eigenvalue weighted by atomic mass is 32.2. The lowest BCUT2D eigenvalue weighted by molar-refractivity contribution is -0.115. The lowest BCUT2D eigenvalue weighted by atomic mass is 10.2. The minimum Gasteiger partial charge on any atom is -0.508 e. The van der Waals surface area contributed by atoms with Crippen LogP contribution < -0.4 is 10.1 Å².